The normalized spacial score (nSPS) is 16.3. The van der Waals surface area contributed by atoms with Gasteiger partial charge in [0.1, 0.15) is 0 Å². The second-order valence-corrected chi connectivity index (χ2v) is 5.29. The maximum atomic E-state index is 11.7. The van der Waals surface area contributed by atoms with Crippen LogP contribution in [0.5, 0.6) is 0 Å². The Morgan fingerprint density at radius 2 is 2.12 bits per heavy atom. The zero-order valence-electron chi connectivity index (χ0n) is 9.08. The van der Waals surface area contributed by atoms with E-state index in [4.69, 9.17) is 0 Å². The SMILES string of the molecule is O=C(CN1CCCC1)Nc1cccc(I)c1. The summed E-state index contributed by atoms with van der Waals surface area (Å²) in [4.78, 5) is 13.9. The van der Waals surface area contributed by atoms with E-state index >= 15 is 0 Å². The summed E-state index contributed by atoms with van der Waals surface area (Å²) in [6, 6.07) is 7.86. The molecule has 0 aromatic heterocycles. The number of rotatable bonds is 3. The Labute approximate surface area is 109 Å². The Morgan fingerprint density at radius 3 is 2.81 bits per heavy atom. The van der Waals surface area contributed by atoms with Crippen LogP contribution in [0.15, 0.2) is 24.3 Å². The van der Waals surface area contributed by atoms with Gasteiger partial charge in [-0.1, -0.05) is 6.07 Å². The summed E-state index contributed by atoms with van der Waals surface area (Å²) in [5.41, 5.74) is 0.885. The third kappa shape index (κ3) is 3.45. The van der Waals surface area contributed by atoms with Crippen molar-refractivity contribution < 1.29 is 4.79 Å². The fourth-order valence-corrected chi connectivity index (χ4v) is 2.45. The molecule has 0 atom stereocenters. The highest BCUT2D eigenvalue weighted by Crippen LogP contribution is 2.13. The maximum absolute atomic E-state index is 11.7. The van der Waals surface area contributed by atoms with Crippen LogP contribution in [-0.4, -0.2) is 30.4 Å². The quantitative estimate of drug-likeness (QED) is 0.863. The number of benzene rings is 1. The molecule has 0 radical (unpaired) electrons. The molecule has 0 saturated carbocycles. The van der Waals surface area contributed by atoms with Gasteiger partial charge in [0.2, 0.25) is 5.91 Å². The van der Waals surface area contributed by atoms with E-state index in [1.54, 1.807) is 0 Å². The standard InChI is InChI=1S/C12H15IN2O/c13-10-4-3-5-11(8-10)14-12(16)9-15-6-1-2-7-15/h3-5,8H,1-2,6-7,9H2,(H,14,16). The molecule has 1 aliphatic heterocycles. The maximum Gasteiger partial charge on any atom is 0.238 e. The number of nitrogens with one attached hydrogen (secondary N) is 1. The van der Waals surface area contributed by atoms with Crippen LogP contribution in [0.1, 0.15) is 12.8 Å². The highest BCUT2D eigenvalue weighted by Gasteiger charge is 2.14. The number of hydrogen-bond donors (Lipinski definition) is 1. The van der Waals surface area contributed by atoms with Gasteiger partial charge in [-0.3, -0.25) is 9.69 Å². The van der Waals surface area contributed by atoms with Gasteiger partial charge in [0.15, 0.2) is 0 Å². The summed E-state index contributed by atoms with van der Waals surface area (Å²) in [7, 11) is 0. The van der Waals surface area contributed by atoms with Gasteiger partial charge in [0, 0.05) is 9.26 Å². The molecule has 1 aliphatic rings. The van der Waals surface area contributed by atoms with E-state index in [0.29, 0.717) is 6.54 Å². The second-order valence-electron chi connectivity index (χ2n) is 4.04. The lowest BCUT2D eigenvalue weighted by atomic mass is 10.3. The van der Waals surface area contributed by atoms with Crippen molar-refractivity contribution in [2.24, 2.45) is 0 Å². The molecule has 86 valence electrons. The lowest BCUT2D eigenvalue weighted by Gasteiger charge is -2.14. The fraction of sp³-hybridized carbons (Fsp3) is 0.417. The van der Waals surface area contributed by atoms with Crippen molar-refractivity contribution in [2.75, 3.05) is 25.0 Å². The van der Waals surface area contributed by atoms with Gasteiger partial charge in [-0.25, -0.2) is 0 Å². The van der Waals surface area contributed by atoms with Crippen molar-refractivity contribution in [3.63, 3.8) is 0 Å². The molecular weight excluding hydrogens is 315 g/mol. The molecule has 0 unspecified atom stereocenters. The van der Waals surface area contributed by atoms with E-state index in [2.05, 4.69) is 32.8 Å². The minimum Gasteiger partial charge on any atom is -0.325 e. The van der Waals surface area contributed by atoms with Crippen LogP contribution in [0, 0.1) is 3.57 Å². The molecule has 1 aromatic carbocycles. The monoisotopic (exact) mass is 330 g/mol. The van der Waals surface area contributed by atoms with Crippen molar-refractivity contribution >= 4 is 34.2 Å². The van der Waals surface area contributed by atoms with Gasteiger partial charge in [-0.05, 0) is 66.7 Å². The number of amides is 1. The summed E-state index contributed by atoms with van der Waals surface area (Å²) < 4.78 is 1.14. The van der Waals surface area contributed by atoms with Crippen LogP contribution >= 0.6 is 22.6 Å². The lowest BCUT2D eigenvalue weighted by molar-refractivity contribution is -0.117. The Morgan fingerprint density at radius 1 is 1.38 bits per heavy atom. The molecule has 4 heteroatoms. The van der Waals surface area contributed by atoms with Gasteiger partial charge in [-0.15, -0.1) is 0 Å². The molecule has 1 heterocycles. The first-order valence-corrected chi connectivity index (χ1v) is 6.60. The zero-order valence-corrected chi connectivity index (χ0v) is 11.2. The molecular formula is C12H15IN2O. The van der Waals surface area contributed by atoms with Gasteiger partial charge in [-0.2, -0.15) is 0 Å². The van der Waals surface area contributed by atoms with Crippen LogP contribution in [0.4, 0.5) is 5.69 Å². The smallest absolute Gasteiger partial charge is 0.238 e. The summed E-state index contributed by atoms with van der Waals surface area (Å²) in [5.74, 6) is 0.0869. The molecule has 0 aliphatic carbocycles. The van der Waals surface area contributed by atoms with E-state index in [0.717, 1.165) is 22.3 Å². The van der Waals surface area contributed by atoms with Gasteiger partial charge >= 0.3 is 0 Å². The van der Waals surface area contributed by atoms with Crippen molar-refractivity contribution in [3.8, 4) is 0 Å². The number of likely N-dealkylation sites (tertiary alicyclic amines) is 1. The third-order valence-corrected chi connectivity index (χ3v) is 3.35. The molecule has 2 rings (SSSR count). The van der Waals surface area contributed by atoms with Crippen LogP contribution in [-0.2, 0) is 4.79 Å². The third-order valence-electron chi connectivity index (χ3n) is 2.67. The molecule has 0 spiro atoms. The highest BCUT2D eigenvalue weighted by molar-refractivity contribution is 14.1. The summed E-state index contributed by atoms with van der Waals surface area (Å²) in [6.07, 6.45) is 2.44. The molecule has 1 saturated heterocycles. The number of carbonyl (C=O) groups is 1. The molecule has 16 heavy (non-hydrogen) atoms. The number of halogens is 1. The number of anilines is 1. The van der Waals surface area contributed by atoms with Crippen molar-refractivity contribution in [2.45, 2.75) is 12.8 Å². The van der Waals surface area contributed by atoms with Crippen molar-refractivity contribution in [3.05, 3.63) is 27.8 Å². The molecule has 1 amide bonds. The first kappa shape index (κ1) is 11.9. The number of hydrogen-bond acceptors (Lipinski definition) is 2. The fourth-order valence-electron chi connectivity index (χ4n) is 1.91. The van der Waals surface area contributed by atoms with E-state index in [1.807, 2.05) is 24.3 Å². The van der Waals surface area contributed by atoms with Crippen LogP contribution in [0.3, 0.4) is 0 Å². The topological polar surface area (TPSA) is 32.3 Å². The summed E-state index contributed by atoms with van der Waals surface area (Å²) >= 11 is 2.24. The van der Waals surface area contributed by atoms with E-state index < -0.39 is 0 Å². The second kappa shape index (κ2) is 5.63. The van der Waals surface area contributed by atoms with Crippen LogP contribution in [0.2, 0.25) is 0 Å². The Hall–Kier alpha value is -0.620. The largest absolute Gasteiger partial charge is 0.325 e. The van der Waals surface area contributed by atoms with Crippen LogP contribution < -0.4 is 5.32 Å². The molecule has 1 fully saturated rings. The van der Waals surface area contributed by atoms with Crippen molar-refractivity contribution in [1.29, 1.82) is 0 Å². The first-order chi connectivity index (χ1) is 7.74. The minimum absolute atomic E-state index is 0.0869. The first-order valence-electron chi connectivity index (χ1n) is 5.52. The molecule has 3 nitrogen and oxygen atoms in total. The number of carbonyl (C=O) groups excluding carboxylic acids is 1. The van der Waals surface area contributed by atoms with Gasteiger partial charge in [0.25, 0.3) is 0 Å². The van der Waals surface area contributed by atoms with Gasteiger partial charge < -0.3 is 5.32 Å². The van der Waals surface area contributed by atoms with Gasteiger partial charge in [0.05, 0.1) is 6.54 Å². The minimum atomic E-state index is 0.0869. The van der Waals surface area contributed by atoms with Crippen molar-refractivity contribution in [1.82, 2.24) is 4.90 Å². The Balaban J connectivity index is 1.86. The Bertz CT molecular complexity index is 375. The highest BCUT2D eigenvalue weighted by atomic mass is 127. The average molecular weight is 330 g/mol. The molecule has 0 bridgehead atoms. The Kier molecular flexibility index (Phi) is 4.17. The van der Waals surface area contributed by atoms with E-state index in [9.17, 15) is 4.79 Å². The van der Waals surface area contributed by atoms with Crippen LogP contribution in [0.25, 0.3) is 0 Å². The zero-order chi connectivity index (χ0) is 11.4. The average Bonchev–Trinajstić information content (AvgIpc) is 2.70. The molecule has 1 aromatic rings. The summed E-state index contributed by atoms with van der Waals surface area (Å²) in [5, 5.41) is 2.92. The number of nitrogens with zero attached hydrogens (tertiary/aromatic N) is 1. The predicted octanol–water partition coefficient (Wildman–Crippen LogP) is 2.33. The predicted molar refractivity (Wildman–Crippen MR) is 73.5 cm³/mol. The van der Waals surface area contributed by atoms with E-state index in [1.165, 1.54) is 12.8 Å². The lowest BCUT2D eigenvalue weighted by Crippen LogP contribution is -2.30. The summed E-state index contributed by atoms with van der Waals surface area (Å²) in [6.45, 7) is 2.63. The molecule has 1 N–H and O–H groups in total. The van der Waals surface area contributed by atoms with E-state index in [-0.39, 0.29) is 5.91 Å².